The molecule has 0 atom stereocenters. The minimum absolute atomic E-state index is 0.135. The number of rotatable bonds is 5. The summed E-state index contributed by atoms with van der Waals surface area (Å²) in [5.74, 6) is -1.40. The second-order valence-corrected chi connectivity index (χ2v) is 8.75. The number of pyridine rings is 1. The Balaban J connectivity index is 1.83. The smallest absolute Gasteiger partial charge is 0.309 e. The Hall–Kier alpha value is -1.42. The number of piperidine rings is 1. The van der Waals surface area contributed by atoms with Gasteiger partial charge < -0.3 is 10.1 Å². The van der Waals surface area contributed by atoms with Crippen molar-refractivity contribution in [3.05, 3.63) is 21.8 Å². The second kappa shape index (κ2) is 8.51. The molecule has 2 heterocycles. The van der Waals surface area contributed by atoms with E-state index in [1.54, 1.807) is 6.92 Å². The van der Waals surface area contributed by atoms with E-state index in [0.29, 0.717) is 23.4 Å². The first-order chi connectivity index (χ1) is 12.1. The summed E-state index contributed by atoms with van der Waals surface area (Å²) < 4.78 is 29.2. The van der Waals surface area contributed by atoms with Gasteiger partial charge in [-0.3, -0.25) is 9.59 Å². The van der Waals surface area contributed by atoms with Crippen molar-refractivity contribution in [2.75, 3.05) is 31.3 Å². The zero-order valence-corrected chi connectivity index (χ0v) is 16.6. The Kier molecular flexibility index (Phi) is 6.84. The Bertz CT molecular complexity index is 808. The minimum atomic E-state index is -3.26. The molecule has 0 saturated carbocycles. The number of nitrogens with zero attached hydrogens (tertiary/aromatic N) is 2. The number of nitrogens with one attached hydrogen (secondary N) is 1. The molecule has 0 spiro atoms. The first-order valence-corrected chi connectivity index (χ1v) is 10.4. The van der Waals surface area contributed by atoms with Crippen LogP contribution < -0.4 is 5.32 Å². The third-order valence-electron chi connectivity index (χ3n) is 4.06. The summed E-state index contributed by atoms with van der Waals surface area (Å²) >= 11 is 11.9. The van der Waals surface area contributed by atoms with Crippen molar-refractivity contribution in [3.8, 4) is 0 Å². The predicted octanol–water partition coefficient (Wildman–Crippen LogP) is 1.85. The molecule has 8 nitrogen and oxygen atoms in total. The van der Waals surface area contributed by atoms with E-state index in [-0.39, 0.29) is 23.9 Å². The molecule has 1 N–H and O–H groups in total. The van der Waals surface area contributed by atoms with Crippen molar-refractivity contribution < 1.29 is 22.7 Å². The maximum Gasteiger partial charge on any atom is 0.309 e. The summed E-state index contributed by atoms with van der Waals surface area (Å²) in [5, 5.41) is 3.05. The lowest BCUT2D eigenvalue weighted by molar-refractivity contribution is -0.152. The van der Waals surface area contributed by atoms with Crippen molar-refractivity contribution in [2.45, 2.75) is 19.8 Å². The molecule has 0 radical (unpaired) electrons. The van der Waals surface area contributed by atoms with E-state index in [2.05, 4.69) is 10.3 Å². The Labute approximate surface area is 161 Å². The van der Waals surface area contributed by atoms with Crippen molar-refractivity contribution in [1.29, 1.82) is 0 Å². The summed E-state index contributed by atoms with van der Waals surface area (Å²) in [4.78, 5) is 27.9. The Morgan fingerprint density at radius 2 is 1.96 bits per heavy atom. The minimum Gasteiger partial charge on any atom is -0.455 e. The highest BCUT2D eigenvalue weighted by atomic mass is 35.5. The molecule has 2 rings (SSSR count). The van der Waals surface area contributed by atoms with Crippen LogP contribution in [0.3, 0.4) is 0 Å². The van der Waals surface area contributed by atoms with Gasteiger partial charge in [0, 0.05) is 19.3 Å². The maximum atomic E-state index is 12.0. The summed E-state index contributed by atoms with van der Waals surface area (Å²) in [7, 11) is -3.26. The monoisotopic (exact) mass is 423 g/mol. The van der Waals surface area contributed by atoms with Gasteiger partial charge >= 0.3 is 5.97 Å². The fourth-order valence-corrected chi connectivity index (χ4v) is 3.75. The van der Waals surface area contributed by atoms with Crippen molar-refractivity contribution in [3.63, 3.8) is 0 Å². The van der Waals surface area contributed by atoms with Gasteiger partial charge in [-0.25, -0.2) is 17.7 Å². The first-order valence-electron chi connectivity index (χ1n) is 7.81. The molecule has 26 heavy (non-hydrogen) atoms. The van der Waals surface area contributed by atoms with Crippen molar-refractivity contribution in [2.24, 2.45) is 5.92 Å². The van der Waals surface area contributed by atoms with Gasteiger partial charge in [-0.2, -0.15) is 0 Å². The van der Waals surface area contributed by atoms with E-state index in [9.17, 15) is 18.0 Å². The summed E-state index contributed by atoms with van der Waals surface area (Å²) in [6.45, 7) is 1.72. The van der Waals surface area contributed by atoms with E-state index in [1.807, 2.05) is 0 Å². The molecule has 1 aliphatic heterocycles. The average molecular weight is 424 g/mol. The second-order valence-electron chi connectivity index (χ2n) is 5.99. The van der Waals surface area contributed by atoms with Gasteiger partial charge in [0.05, 0.1) is 22.2 Å². The highest BCUT2D eigenvalue weighted by molar-refractivity contribution is 7.88. The van der Waals surface area contributed by atoms with E-state index < -0.39 is 34.4 Å². The number of carbonyl (C=O) groups excluding carboxylic acids is 2. The largest absolute Gasteiger partial charge is 0.455 e. The highest BCUT2D eigenvalue weighted by Gasteiger charge is 2.30. The third-order valence-corrected chi connectivity index (χ3v) is 6.21. The third kappa shape index (κ3) is 5.29. The number of hydrogen-bond acceptors (Lipinski definition) is 6. The molecule has 0 aromatic carbocycles. The molecule has 1 amide bonds. The van der Waals surface area contributed by atoms with Gasteiger partial charge in [-0.05, 0) is 25.3 Å². The fraction of sp³-hybridized carbons (Fsp3) is 0.533. The zero-order chi connectivity index (χ0) is 19.5. The number of ether oxygens (including phenoxy) is 1. The van der Waals surface area contributed by atoms with Gasteiger partial charge in [-0.15, -0.1) is 0 Å². The number of sulfonamides is 1. The molecule has 144 valence electrons. The number of amides is 1. The van der Waals surface area contributed by atoms with Gasteiger partial charge in [0.15, 0.2) is 12.4 Å². The van der Waals surface area contributed by atoms with Crippen LogP contribution in [0, 0.1) is 12.8 Å². The van der Waals surface area contributed by atoms with Gasteiger partial charge in [-0.1, -0.05) is 23.2 Å². The Morgan fingerprint density at radius 3 is 2.54 bits per heavy atom. The van der Waals surface area contributed by atoms with E-state index >= 15 is 0 Å². The molecule has 0 aliphatic carbocycles. The van der Waals surface area contributed by atoms with Crippen LogP contribution in [0.2, 0.25) is 10.0 Å². The molecule has 0 unspecified atom stereocenters. The predicted molar refractivity (Wildman–Crippen MR) is 97.7 cm³/mol. The lowest BCUT2D eigenvalue weighted by Gasteiger charge is -2.28. The highest BCUT2D eigenvalue weighted by Crippen LogP contribution is 2.28. The van der Waals surface area contributed by atoms with Gasteiger partial charge in [0.1, 0.15) is 0 Å². The topological polar surface area (TPSA) is 106 Å². The average Bonchev–Trinajstić information content (AvgIpc) is 2.59. The van der Waals surface area contributed by atoms with E-state index in [4.69, 9.17) is 27.9 Å². The SMILES string of the molecule is Cc1c(Cl)cnc(NC(=O)COC(=O)C2CCN(S(C)(=O)=O)CC2)c1Cl. The number of carbonyl (C=O) groups is 2. The van der Waals surface area contributed by atoms with E-state index in [0.717, 1.165) is 6.26 Å². The van der Waals surface area contributed by atoms with Crippen LogP contribution in [0.5, 0.6) is 0 Å². The van der Waals surface area contributed by atoms with Crippen LogP contribution in [0.15, 0.2) is 6.20 Å². The van der Waals surface area contributed by atoms with Crippen LogP contribution in [-0.4, -0.2) is 55.5 Å². The lowest BCUT2D eigenvalue weighted by Crippen LogP contribution is -2.40. The summed E-state index contributed by atoms with van der Waals surface area (Å²) in [6.07, 6.45) is 3.21. The molecule has 11 heteroatoms. The molecule has 0 bridgehead atoms. The van der Waals surface area contributed by atoms with Crippen LogP contribution in [-0.2, 0) is 24.3 Å². The van der Waals surface area contributed by atoms with Crippen LogP contribution >= 0.6 is 23.2 Å². The van der Waals surface area contributed by atoms with Crippen LogP contribution in [0.25, 0.3) is 0 Å². The number of esters is 1. The zero-order valence-electron chi connectivity index (χ0n) is 14.3. The quantitative estimate of drug-likeness (QED) is 0.724. The lowest BCUT2D eigenvalue weighted by atomic mass is 9.98. The number of hydrogen-bond donors (Lipinski definition) is 1. The van der Waals surface area contributed by atoms with Gasteiger partial charge in [0.2, 0.25) is 10.0 Å². The molecule has 1 saturated heterocycles. The number of anilines is 1. The molecule has 1 aromatic rings. The van der Waals surface area contributed by atoms with Gasteiger partial charge in [0.25, 0.3) is 5.91 Å². The molecular formula is C15H19Cl2N3O5S. The maximum absolute atomic E-state index is 12.0. The fourth-order valence-electron chi connectivity index (χ4n) is 2.49. The molecular weight excluding hydrogens is 405 g/mol. The summed E-state index contributed by atoms with van der Waals surface area (Å²) in [5.41, 5.74) is 0.577. The molecule has 1 aromatic heterocycles. The number of aromatic nitrogens is 1. The normalized spacial score (nSPS) is 16.3. The van der Waals surface area contributed by atoms with Crippen LogP contribution in [0.4, 0.5) is 5.82 Å². The number of halogens is 2. The van der Waals surface area contributed by atoms with Crippen molar-refractivity contribution >= 4 is 50.9 Å². The summed E-state index contributed by atoms with van der Waals surface area (Å²) in [6, 6.07) is 0. The van der Waals surface area contributed by atoms with E-state index in [1.165, 1.54) is 10.5 Å². The van der Waals surface area contributed by atoms with Crippen LogP contribution in [0.1, 0.15) is 18.4 Å². The standard InChI is InChI=1S/C15H19Cl2N3O5S/c1-9-11(16)7-18-14(13(9)17)19-12(21)8-25-15(22)10-3-5-20(6-4-10)26(2,23)24/h7,10H,3-6,8H2,1-2H3,(H,18,19,21). The Morgan fingerprint density at radius 1 is 1.35 bits per heavy atom. The molecule has 1 fully saturated rings. The molecule has 1 aliphatic rings. The van der Waals surface area contributed by atoms with Crippen molar-refractivity contribution in [1.82, 2.24) is 9.29 Å². The first kappa shape index (κ1) is 20.9.